The van der Waals surface area contributed by atoms with Gasteiger partial charge < -0.3 is 24.8 Å². The summed E-state index contributed by atoms with van der Waals surface area (Å²) in [5.74, 6) is 1.97. The Labute approximate surface area is 235 Å². The zero-order chi connectivity index (χ0) is 29.1. The van der Waals surface area contributed by atoms with E-state index >= 15 is 0 Å². The lowest BCUT2D eigenvalue weighted by Crippen LogP contribution is -2.31. The van der Waals surface area contributed by atoms with Gasteiger partial charge in [0.15, 0.2) is 17.3 Å². The number of methoxy groups -OCH3 is 2. The molecule has 0 bridgehead atoms. The first-order valence-electron chi connectivity index (χ1n) is 12.8. The molecular weight excluding hydrogens is 528 g/mol. The number of nitrogens with zero attached hydrogens (tertiary/aromatic N) is 4. The summed E-state index contributed by atoms with van der Waals surface area (Å²) in [5, 5.41) is 22.0. The van der Waals surface area contributed by atoms with E-state index in [1.54, 1.807) is 55.1 Å². The number of amides is 1. The number of para-hydroxylation sites is 2. The Morgan fingerprint density at radius 3 is 2.46 bits per heavy atom. The molecule has 0 radical (unpaired) electrons. The summed E-state index contributed by atoms with van der Waals surface area (Å²) in [7, 11) is 3.09. The molecule has 3 aromatic carbocycles. The molecule has 1 unspecified atom stereocenters. The van der Waals surface area contributed by atoms with Crippen molar-refractivity contribution < 1.29 is 23.9 Å². The van der Waals surface area contributed by atoms with Crippen LogP contribution in [0.2, 0.25) is 0 Å². The zero-order valence-electron chi connectivity index (χ0n) is 22.9. The maximum absolute atomic E-state index is 13.9. The minimum atomic E-state index is -0.704. The lowest BCUT2D eigenvalue weighted by molar-refractivity contribution is -0.384. The first-order chi connectivity index (χ1) is 19.8. The van der Waals surface area contributed by atoms with E-state index in [2.05, 4.69) is 15.6 Å². The van der Waals surface area contributed by atoms with Gasteiger partial charge in [-0.3, -0.25) is 14.9 Å². The summed E-state index contributed by atoms with van der Waals surface area (Å²) in [4.78, 5) is 29.2. The van der Waals surface area contributed by atoms with Gasteiger partial charge >= 0.3 is 0 Å². The quantitative estimate of drug-likeness (QED) is 0.210. The van der Waals surface area contributed by atoms with E-state index in [4.69, 9.17) is 19.3 Å². The third-order valence-electron chi connectivity index (χ3n) is 6.59. The number of ether oxygens (including phenoxy) is 3. The number of rotatable bonds is 9. The van der Waals surface area contributed by atoms with Crippen LogP contribution >= 0.6 is 0 Å². The molecule has 1 aromatic heterocycles. The number of carbonyl (C=O) groups excluding carboxylic acids is 1. The SMILES string of the molecule is CCOc1ccc(C2C(C(=O)Nc3ccccc3OC)=C(C)Nc3nc(-c4ccc([N+](=O)[O-])cc4)nn32)cc1OC. The number of anilines is 2. The summed E-state index contributed by atoms with van der Waals surface area (Å²) >= 11 is 0. The molecule has 0 saturated carbocycles. The van der Waals surface area contributed by atoms with Crippen molar-refractivity contribution >= 4 is 23.2 Å². The number of non-ortho nitro benzene ring substituents is 1. The van der Waals surface area contributed by atoms with Crippen molar-refractivity contribution in [3.8, 4) is 28.6 Å². The molecule has 210 valence electrons. The molecule has 41 heavy (non-hydrogen) atoms. The van der Waals surface area contributed by atoms with E-state index in [1.165, 1.54) is 19.2 Å². The molecule has 0 fully saturated rings. The van der Waals surface area contributed by atoms with Crippen LogP contribution in [0.5, 0.6) is 17.2 Å². The van der Waals surface area contributed by atoms with Gasteiger partial charge in [0, 0.05) is 23.4 Å². The maximum atomic E-state index is 13.9. The molecule has 1 amide bonds. The van der Waals surface area contributed by atoms with Gasteiger partial charge in [-0.1, -0.05) is 18.2 Å². The van der Waals surface area contributed by atoms with E-state index in [1.807, 2.05) is 25.1 Å². The van der Waals surface area contributed by atoms with Crippen LogP contribution in [0, 0.1) is 10.1 Å². The van der Waals surface area contributed by atoms with E-state index < -0.39 is 11.0 Å². The van der Waals surface area contributed by atoms with E-state index in [0.29, 0.717) is 63.7 Å². The molecule has 4 aromatic rings. The van der Waals surface area contributed by atoms with Crippen LogP contribution in [0.1, 0.15) is 25.5 Å². The number of nitro groups is 1. The van der Waals surface area contributed by atoms with Gasteiger partial charge in [0.2, 0.25) is 5.95 Å². The number of nitrogens with one attached hydrogen (secondary N) is 2. The highest BCUT2D eigenvalue weighted by Crippen LogP contribution is 2.40. The molecule has 0 spiro atoms. The van der Waals surface area contributed by atoms with Gasteiger partial charge in [0.1, 0.15) is 11.8 Å². The van der Waals surface area contributed by atoms with Crippen molar-refractivity contribution in [1.82, 2.24) is 14.8 Å². The summed E-state index contributed by atoms with van der Waals surface area (Å²) in [6, 6.07) is 17.8. The van der Waals surface area contributed by atoms with Crippen molar-refractivity contribution in [3.05, 3.63) is 93.7 Å². The van der Waals surface area contributed by atoms with E-state index in [0.717, 1.165) is 0 Å². The Bertz CT molecular complexity index is 1650. The molecule has 12 heteroatoms. The zero-order valence-corrected chi connectivity index (χ0v) is 22.9. The van der Waals surface area contributed by atoms with Crippen LogP contribution < -0.4 is 24.8 Å². The highest BCUT2D eigenvalue weighted by Gasteiger charge is 2.35. The fourth-order valence-electron chi connectivity index (χ4n) is 4.67. The number of hydrogen-bond acceptors (Lipinski definition) is 9. The van der Waals surface area contributed by atoms with Crippen molar-refractivity contribution in [1.29, 1.82) is 0 Å². The molecule has 12 nitrogen and oxygen atoms in total. The van der Waals surface area contributed by atoms with Gasteiger partial charge in [-0.05, 0) is 55.8 Å². The Balaban J connectivity index is 1.61. The Hall–Kier alpha value is -5.39. The molecule has 2 N–H and O–H groups in total. The molecule has 2 heterocycles. The van der Waals surface area contributed by atoms with Gasteiger partial charge in [0.05, 0.1) is 37.0 Å². The normalized spacial score (nSPS) is 14.1. The smallest absolute Gasteiger partial charge is 0.269 e. The average Bonchev–Trinajstić information content (AvgIpc) is 3.40. The maximum Gasteiger partial charge on any atom is 0.269 e. The third kappa shape index (κ3) is 5.26. The number of allylic oxidation sites excluding steroid dienone is 1. The topological polar surface area (TPSA) is 143 Å². The summed E-state index contributed by atoms with van der Waals surface area (Å²) in [6.45, 7) is 4.13. The van der Waals surface area contributed by atoms with Gasteiger partial charge in [-0.2, -0.15) is 4.98 Å². The largest absolute Gasteiger partial charge is 0.495 e. The monoisotopic (exact) mass is 556 g/mol. The fraction of sp³-hybridized carbons (Fsp3) is 0.207. The van der Waals surface area contributed by atoms with E-state index in [9.17, 15) is 14.9 Å². The Kier molecular flexibility index (Phi) is 7.55. The number of hydrogen-bond donors (Lipinski definition) is 2. The Morgan fingerprint density at radius 2 is 1.78 bits per heavy atom. The summed E-state index contributed by atoms with van der Waals surface area (Å²) in [6.07, 6.45) is 0. The highest BCUT2D eigenvalue weighted by atomic mass is 16.6. The second-order valence-electron chi connectivity index (χ2n) is 9.07. The molecule has 1 atom stereocenters. The molecular formula is C29H28N6O6. The number of nitro benzene ring substituents is 1. The molecule has 5 rings (SSSR count). The van der Waals surface area contributed by atoms with Gasteiger partial charge in [-0.25, -0.2) is 4.68 Å². The second kappa shape index (κ2) is 11.4. The van der Waals surface area contributed by atoms with E-state index in [-0.39, 0.29) is 11.6 Å². The van der Waals surface area contributed by atoms with Crippen LogP contribution in [0.25, 0.3) is 11.4 Å². The second-order valence-corrected chi connectivity index (χ2v) is 9.07. The number of aromatic nitrogens is 3. The van der Waals surface area contributed by atoms with Crippen LogP contribution in [0.15, 0.2) is 78.0 Å². The fourth-order valence-corrected chi connectivity index (χ4v) is 4.67. The average molecular weight is 557 g/mol. The first-order valence-corrected chi connectivity index (χ1v) is 12.8. The third-order valence-corrected chi connectivity index (χ3v) is 6.59. The van der Waals surface area contributed by atoms with Crippen LogP contribution in [-0.2, 0) is 4.79 Å². The van der Waals surface area contributed by atoms with Crippen molar-refractivity contribution in [2.24, 2.45) is 0 Å². The first kappa shape index (κ1) is 27.2. The van der Waals surface area contributed by atoms with Crippen molar-refractivity contribution in [2.75, 3.05) is 31.5 Å². The Morgan fingerprint density at radius 1 is 1.05 bits per heavy atom. The predicted octanol–water partition coefficient (Wildman–Crippen LogP) is 5.20. The lowest BCUT2D eigenvalue weighted by Gasteiger charge is -2.29. The minimum absolute atomic E-state index is 0.0389. The molecule has 0 aliphatic carbocycles. The minimum Gasteiger partial charge on any atom is -0.495 e. The van der Waals surface area contributed by atoms with Crippen LogP contribution in [-0.4, -0.2) is 46.4 Å². The van der Waals surface area contributed by atoms with Gasteiger partial charge in [0.25, 0.3) is 11.6 Å². The number of fused-ring (bicyclic) bond motifs is 1. The predicted molar refractivity (Wildman–Crippen MR) is 152 cm³/mol. The highest BCUT2D eigenvalue weighted by molar-refractivity contribution is 6.06. The van der Waals surface area contributed by atoms with Crippen molar-refractivity contribution in [3.63, 3.8) is 0 Å². The summed E-state index contributed by atoms with van der Waals surface area (Å²) < 4.78 is 18.3. The molecule has 0 saturated heterocycles. The standard InChI is InChI=1S/C29H28N6O6/c1-5-41-23-15-12-19(16-24(23)40-4)26-25(28(36)31-21-8-6-7-9-22(21)39-3)17(2)30-29-32-27(33-34(26)29)18-10-13-20(14-11-18)35(37)38/h6-16,26H,5H2,1-4H3,(H,31,36)(H,30,32,33). The van der Waals surface area contributed by atoms with Crippen molar-refractivity contribution in [2.45, 2.75) is 19.9 Å². The molecule has 1 aliphatic heterocycles. The van der Waals surface area contributed by atoms with Crippen LogP contribution in [0.3, 0.4) is 0 Å². The van der Waals surface area contributed by atoms with Gasteiger partial charge in [-0.15, -0.1) is 5.10 Å². The number of benzene rings is 3. The molecule has 1 aliphatic rings. The summed E-state index contributed by atoms with van der Waals surface area (Å²) in [5.41, 5.74) is 2.74. The number of carbonyl (C=O) groups is 1. The lowest BCUT2D eigenvalue weighted by atomic mass is 9.94. The van der Waals surface area contributed by atoms with Crippen LogP contribution in [0.4, 0.5) is 17.3 Å².